The molecule has 162 valence electrons. The van der Waals surface area contributed by atoms with Crippen molar-refractivity contribution in [2.45, 2.75) is 103 Å². The smallest absolute Gasteiger partial charge is 0.303 e. The van der Waals surface area contributed by atoms with E-state index in [0.29, 0.717) is 12.3 Å². The summed E-state index contributed by atoms with van der Waals surface area (Å²) >= 11 is 0. The Morgan fingerprint density at radius 2 is 1.86 bits per heavy atom. The average molecular weight is 397 g/mol. The second kappa shape index (κ2) is 14.7. The molecule has 5 heteroatoms. The number of unbranched alkanes of at least 4 members (excludes halogenated alkanes) is 5. The van der Waals surface area contributed by atoms with E-state index in [9.17, 15) is 19.8 Å². The van der Waals surface area contributed by atoms with E-state index in [4.69, 9.17) is 4.74 Å². The molecule has 2 N–H and O–H groups in total. The molecule has 0 aromatic carbocycles. The summed E-state index contributed by atoms with van der Waals surface area (Å²) < 4.78 is 4.70. The first kappa shape index (κ1) is 24.8. The van der Waals surface area contributed by atoms with Crippen molar-refractivity contribution in [3.8, 4) is 0 Å². The number of ketones is 1. The number of rotatable bonds is 15. The molecule has 1 saturated carbocycles. The summed E-state index contributed by atoms with van der Waals surface area (Å²) in [5.74, 6) is 0.204. The molecule has 0 aliphatic heterocycles. The first-order valence-corrected chi connectivity index (χ1v) is 11.1. The van der Waals surface area contributed by atoms with Crippen LogP contribution in [0.4, 0.5) is 0 Å². The molecule has 0 aromatic rings. The highest BCUT2D eigenvalue weighted by atomic mass is 16.5. The lowest BCUT2D eigenvalue weighted by atomic mass is 9.88. The standard InChI is InChI=1S/C23H40O5/c1-3-4-7-10-20(25)15-13-19-14-16-23(27)22(19)12-9-6-5-8-11-21(26)17-28-18(2)24/h13,15,19-20,22-23,25,27H,3-12,14,16-17H2,1-2H3/b15-13+/t19-,20?,22+,23-/m0/s1. The Morgan fingerprint density at radius 1 is 1.11 bits per heavy atom. The van der Waals surface area contributed by atoms with Gasteiger partial charge in [0.2, 0.25) is 0 Å². The van der Waals surface area contributed by atoms with Crippen LogP contribution >= 0.6 is 0 Å². The molecule has 0 spiro atoms. The Kier molecular flexibility index (Phi) is 13.1. The largest absolute Gasteiger partial charge is 0.458 e. The van der Waals surface area contributed by atoms with Crippen LogP contribution in [0.1, 0.15) is 90.9 Å². The van der Waals surface area contributed by atoms with Crippen LogP contribution in [0.2, 0.25) is 0 Å². The zero-order valence-corrected chi connectivity index (χ0v) is 17.8. The van der Waals surface area contributed by atoms with Crippen LogP contribution in [-0.2, 0) is 14.3 Å². The van der Waals surface area contributed by atoms with Crippen LogP contribution in [0.5, 0.6) is 0 Å². The van der Waals surface area contributed by atoms with Crippen LogP contribution < -0.4 is 0 Å². The Bertz CT molecular complexity index is 474. The van der Waals surface area contributed by atoms with E-state index in [0.717, 1.165) is 70.6 Å². The fourth-order valence-corrected chi connectivity index (χ4v) is 4.00. The highest BCUT2D eigenvalue weighted by molar-refractivity contribution is 5.81. The average Bonchev–Trinajstić information content (AvgIpc) is 3.01. The molecule has 0 radical (unpaired) electrons. The number of aliphatic hydroxyl groups excluding tert-OH is 2. The van der Waals surface area contributed by atoms with Gasteiger partial charge in [-0.05, 0) is 43.9 Å². The third-order valence-corrected chi connectivity index (χ3v) is 5.70. The molecule has 0 amide bonds. The highest BCUT2D eigenvalue weighted by Crippen LogP contribution is 2.36. The van der Waals surface area contributed by atoms with E-state index in [1.54, 1.807) is 0 Å². The third-order valence-electron chi connectivity index (χ3n) is 5.70. The Labute approximate surface area is 170 Å². The first-order chi connectivity index (χ1) is 13.4. The number of esters is 1. The molecule has 1 fully saturated rings. The number of Topliss-reactive ketones (excluding diaryl/α,β-unsaturated/α-hetero) is 1. The Hall–Kier alpha value is -1.20. The number of carbonyl (C=O) groups excluding carboxylic acids is 2. The first-order valence-electron chi connectivity index (χ1n) is 11.1. The fourth-order valence-electron chi connectivity index (χ4n) is 4.00. The number of ether oxygens (including phenoxy) is 1. The minimum absolute atomic E-state index is 0.0240. The molecule has 0 heterocycles. The van der Waals surface area contributed by atoms with Crippen molar-refractivity contribution < 1.29 is 24.5 Å². The maximum atomic E-state index is 11.5. The molecular weight excluding hydrogens is 356 g/mol. The van der Waals surface area contributed by atoms with Gasteiger partial charge in [0.05, 0.1) is 12.2 Å². The van der Waals surface area contributed by atoms with E-state index in [1.807, 2.05) is 6.08 Å². The molecule has 0 aromatic heterocycles. The normalized spacial score (nSPS) is 23.2. The van der Waals surface area contributed by atoms with Crippen molar-refractivity contribution in [2.24, 2.45) is 11.8 Å². The van der Waals surface area contributed by atoms with Crippen molar-refractivity contribution in [1.82, 2.24) is 0 Å². The van der Waals surface area contributed by atoms with Gasteiger partial charge in [-0.15, -0.1) is 0 Å². The van der Waals surface area contributed by atoms with E-state index in [-0.39, 0.29) is 30.5 Å². The van der Waals surface area contributed by atoms with Gasteiger partial charge in [-0.2, -0.15) is 0 Å². The van der Waals surface area contributed by atoms with Crippen LogP contribution in [0.25, 0.3) is 0 Å². The summed E-state index contributed by atoms with van der Waals surface area (Å²) in [4.78, 5) is 22.2. The molecule has 1 aliphatic carbocycles. The van der Waals surface area contributed by atoms with Crippen LogP contribution in [0.3, 0.4) is 0 Å². The molecule has 0 bridgehead atoms. The number of aliphatic hydroxyl groups is 2. The molecule has 5 nitrogen and oxygen atoms in total. The Balaban J connectivity index is 2.20. The lowest BCUT2D eigenvalue weighted by Crippen LogP contribution is -2.18. The van der Waals surface area contributed by atoms with Gasteiger partial charge in [-0.1, -0.05) is 57.6 Å². The maximum Gasteiger partial charge on any atom is 0.303 e. The van der Waals surface area contributed by atoms with Gasteiger partial charge in [-0.3, -0.25) is 9.59 Å². The Morgan fingerprint density at radius 3 is 2.57 bits per heavy atom. The third kappa shape index (κ3) is 11.0. The predicted molar refractivity (Wildman–Crippen MR) is 111 cm³/mol. The highest BCUT2D eigenvalue weighted by Gasteiger charge is 2.32. The number of hydrogen-bond donors (Lipinski definition) is 2. The SMILES string of the molecule is CCCCCC(O)/C=C/[C@H]1CC[C@H](O)[C@@H]1CCCCCCC(=O)COC(C)=O. The van der Waals surface area contributed by atoms with Crippen molar-refractivity contribution in [2.75, 3.05) is 6.61 Å². The molecular formula is C23H40O5. The second-order valence-electron chi connectivity index (χ2n) is 8.19. The molecule has 1 aliphatic rings. The van der Waals surface area contributed by atoms with E-state index in [1.165, 1.54) is 6.92 Å². The van der Waals surface area contributed by atoms with E-state index >= 15 is 0 Å². The quantitative estimate of drug-likeness (QED) is 0.244. The van der Waals surface area contributed by atoms with Gasteiger partial charge in [0.25, 0.3) is 0 Å². The summed E-state index contributed by atoms with van der Waals surface area (Å²) in [6.45, 7) is 3.36. The molecule has 1 rings (SSSR count). The minimum atomic E-state index is -0.416. The fraction of sp³-hybridized carbons (Fsp3) is 0.826. The molecule has 4 atom stereocenters. The maximum absolute atomic E-state index is 11.5. The van der Waals surface area contributed by atoms with Crippen molar-refractivity contribution in [3.05, 3.63) is 12.2 Å². The van der Waals surface area contributed by atoms with Crippen LogP contribution in [0, 0.1) is 11.8 Å². The molecule has 1 unspecified atom stereocenters. The van der Waals surface area contributed by atoms with Gasteiger partial charge < -0.3 is 14.9 Å². The monoisotopic (exact) mass is 396 g/mol. The lowest BCUT2D eigenvalue weighted by Gasteiger charge is -2.20. The minimum Gasteiger partial charge on any atom is -0.458 e. The summed E-state index contributed by atoms with van der Waals surface area (Å²) in [6, 6.07) is 0. The van der Waals surface area contributed by atoms with Crippen molar-refractivity contribution in [1.29, 1.82) is 0 Å². The summed E-state index contributed by atoms with van der Waals surface area (Å²) in [5.41, 5.74) is 0. The molecule has 0 saturated heterocycles. The van der Waals surface area contributed by atoms with Gasteiger partial charge in [0.1, 0.15) is 6.61 Å². The number of allylic oxidation sites excluding steroid dienone is 1. The van der Waals surface area contributed by atoms with Gasteiger partial charge in [0, 0.05) is 13.3 Å². The van der Waals surface area contributed by atoms with Gasteiger partial charge in [-0.25, -0.2) is 0 Å². The summed E-state index contributed by atoms with van der Waals surface area (Å²) in [7, 11) is 0. The van der Waals surface area contributed by atoms with E-state index < -0.39 is 5.97 Å². The zero-order valence-electron chi connectivity index (χ0n) is 17.8. The van der Waals surface area contributed by atoms with Crippen molar-refractivity contribution >= 4 is 11.8 Å². The summed E-state index contributed by atoms with van der Waals surface area (Å²) in [6.07, 6.45) is 14.8. The van der Waals surface area contributed by atoms with Gasteiger partial charge >= 0.3 is 5.97 Å². The van der Waals surface area contributed by atoms with Crippen LogP contribution in [-0.4, -0.2) is 40.8 Å². The topological polar surface area (TPSA) is 83.8 Å². The summed E-state index contributed by atoms with van der Waals surface area (Å²) in [5, 5.41) is 20.4. The van der Waals surface area contributed by atoms with Gasteiger partial charge in [0.15, 0.2) is 5.78 Å². The number of carbonyl (C=O) groups is 2. The number of hydrogen-bond acceptors (Lipinski definition) is 5. The van der Waals surface area contributed by atoms with E-state index in [2.05, 4.69) is 13.0 Å². The zero-order chi connectivity index (χ0) is 20.8. The lowest BCUT2D eigenvalue weighted by molar-refractivity contribution is -0.145. The second-order valence-corrected chi connectivity index (χ2v) is 8.19. The van der Waals surface area contributed by atoms with Crippen molar-refractivity contribution in [3.63, 3.8) is 0 Å². The molecule has 28 heavy (non-hydrogen) atoms. The predicted octanol–water partition coefficient (Wildman–Crippen LogP) is 4.34. The van der Waals surface area contributed by atoms with Crippen LogP contribution in [0.15, 0.2) is 12.2 Å².